The molecule has 1 aromatic heterocycles. The summed E-state index contributed by atoms with van der Waals surface area (Å²) in [5, 5.41) is 8.20. The van der Waals surface area contributed by atoms with Crippen LogP contribution in [0.1, 0.15) is 37.3 Å². The number of carbonyl (C=O) groups is 1. The lowest BCUT2D eigenvalue weighted by atomic mass is 10.2. The van der Waals surface area contributed by atoms with E-state index in [4.69, 9.17) is 4.42 Å². The third kappa shape index (κ3) is 3.24. The Bertz CT molecular complexity index is 783. The van der Waals surface area contributed by atoms with Gasteiger partial charge in [0.2, 0.25) is 23.4 Å². The largest absolute Gasteiger partial charge is 0.423 e. The Morgan fingerprint density at radius 3 is 2.46 bits per heavy atom. The predicted molar refractivity (Wildman–Crippen MR) is 86.3 cm³/mol. The summed E-state index contributed by atoms with van der Waals surface area (Å²) in [6, 6.07) is 2.06. The van der Waals surface area contributed by atoms with Gasteiger partial charge in [0.15, 0.2) is 9.84 Å². The molecule has 1 aliphatic carbocycles. The summed E-state index contributed by atoms with van der Waals surface area (Å²) >= 11 is 0. The van der Waals surface area contributed by atoms with Crippen molar-refractivity contribution in [3.8, 4) is 6.07 Å². The minimum absolute atomic E-state index is 0.279. The molecule has 1 amide bonds. The molecule has 1 aliphatic heterocycles. The average Bonchev–Trinajstić information content (AvgIpc) is 3.32. The maximum atomic E-state index is 12.3. The number of nitrogens with zero attached hydrogens (tertiary/aromatic N) is 4. The van der Waals surface area contributed by atoms with Crippen LogP contribution in [0, 0.1) is 11.3 Å². The van der Waals surface area contributed by atoms with Crippen LogP contribution in [0.4, 0.5) is 5.88 Å². The van der Waals surface area contributed by atoms with E-state index in [1.54, 1.807) is 4.90 Å². The van der Waals surface area contributed by atoms with E-state index in [1.165, 1.54) is 6.92 Å². The number of hydrogen-bond donors (Lipinski definition) is 0. The summed E-state index contributed by atoms with van der Waals surface area (Å²) in [7, 11) is -3.40. The number of rotatable bonds is 4. The maximum Gasteiger partial charge on any atom is 0.240 e. The van der Waals surface area contributed by atoms with E-state index in [9.17, 15) is 18.5 Å². The Labute approximate surface area is 141 Å². The van der Waals surface area contributed by atoms with Crippen LogP contribution in [-0.2, 0) is 14.6 Å². The van der Waals surface area contributed by atoms with Crippen molar-refractivity contribution in [2.75, 3.05) is 37.3 Å². The number of anilines is 1. The minimum Gasteiger partial charge on any atom is -0.423 e. The van der Waals surface area contributed by atoms with Crippen LogP contribution in [0.2, 0.25) is 0 Å². The van der Waals surface area contributed by atoms with Gasteiger partial charge in [0.05, 0.1) is 0 Å². The van der Waals surface area contributed by atoms with Gasteiger partial charge in [-0.05, 0) is 19.8 Å². The Morgan fingerprint density at radius 1 is 1.33 bits per heavy atom. The lowest BCUT2D eigenvalue weighted by molar-refractivity contribution is -0.130. The molecule has 0 spiro atoms. The van der Waals surface area contributed by atoms with Gasteiger partial charge in [-0.15, -0.1) is 0 Å². The number of sulfone groups is 1. The first-order valence-corrected chi connectivity index (χ1v) is 9.90. The highest BCUT2D eigenvalue weighted by molar-refractivity contribution is 7.92. The monoisotopic (exact) mass is 352 g/mol. The highest BCUT2D eigenvalue weighted by Gasteiger charge is 2.34. The number of hydrogen-bond acceptors (Lipinski definition) is 7. The molecule has 2 aliphatic rings. The molecule has 1 saturated carbocycles. The Balaban J connectivity index is 1.67. The first kappa shape index (κ1) is 16.8. The molecule has 0 N–H and O–H groups in total. The Morgan fingerprint density at radius 2 is 1.96 bits per heavy atom. The molecule has 130 valence electrons. The molecule has 9 heteroatoms. The number of carbonyl (C=O) groups excluding carboxylic acids is 1. The molecule has 1 saturated heterocycles. The van der Waals surface area contributed by atoms with Crippen LogP contribution in [0.25, 0.3) is 0 Å². The average molecular weight is 352 g/mol. The summed E-state index contributed by atoms with van der Waals surface area (Å²) < 4.78 is 28.8. The quantitative estimate of drug-likeness (QED) is 0.776. The molecule has 0 aromatic carbocycles. The number of nitriles is 1. The summed E-state index contributed by atoms with van der Waals surface area (Å²) in [5.41, 5.74) is 0.279. The molecule has 1 aromatic rings. The highest BCUT2D eigenvalue weighted by atomic mass is 32.2. The van der Waals surface area contributed by atoms with Crippen molar-refractivity contribution in [1.82, 2.24) is 9.88 Å². The van der Waals surface area contributed by atoms with Crippen LogP contribution < -0.4 is 4.90 Å². The fraction of sp³-hybridized carbons (Fsp3) is 0.667. The van der Waals surface area contributed by atoms with Gasteiger partial charge < -0.3 is 14.2 Å². The van der Waals surface area contributed by atoms with Crippen molar-refractivity contribution in [3.05, 3.63) is 11.6 Å². The van der Waals surface area contributed by atoms with Crippen LogP contribution in [0.3, 0.4) is 0 Å². The topological polar surface area (TPSA) is 108 Å². The molecular weight excluding hydrogens is 332 g/mol. The van der Waals surface area contributed by atoms with Gasteiger partial charge in [-0.3, -0.25) is 4.79 Å². The zero-order valence-corrected chi connectivity index (χ0v) is 14.5. The molecule has 0 unspecified atom stereocenters. The van der Waals surface area contributed by atoms with Crippen LogP contribution >= 0.6 is 0 Å². The second kappa shape index (κ2) is 6.09. The van der Waals surface area contributed by atoms with Gasteiger partial charge in [0, 0.05) is 38.4 Å². The third-order valence-corrected chi connectivity index (χ3v) is 6.01. The van der Waals surface area contributed by atoms with Crippen molar-refractivity contribution in [2.45, 2.75) is 30.9 Å². The minimum atomic E-state index is -3.40. The number of aromatic nitrogens is 1. The van der Waals surface area contributed by atoms with E-state index >= 15 is 0 Å². The van der Waals surface area contributed by atoms with Crippen molar-refractivity contribution in [2.24, 2.45) is 0 Å². The summed E-state index contributed by atoms with van der Waals surface area (Å²) in [4.78, 5) is 19.9. The fourth-order valence-electron chi connectivity index (χ4n) is 2.69. The SMILES string of the molecule is C[C@@H](C(=O)N1CCN(c2oc(C3CC3)nc2C#N)CC1)S(C)(=O)=O. The molecule has 0 bridgehead atoms. The van der Waals surface area contributed by atoms with Crippen molar-refractivity contribution in [3.63, 3.8) is 0 Å². The fourth-order valence-corrected chi connectivity index (χ4v) is 3.21. The van der Waals surface area contributed by atoms with Crippen LogP contribution in [0.5, 0.6) is 0 Å². The number of amides is 1. The van der Waals surface area contributed by atoms with E-state index in [0.29, 0.717) is 43.9 Å². The second-order valence-corrected chi connectivity index (χ2v) is 8.74. The van der Waals surface area contributed by atoms with E-state index in [0.717, 1.165) is 19.1 Å². The molecule has 24 heavy (non-hydrogen) atoms. The van der Waals surface area contributed by atoms with E-state index in [1.807, 2.05) is 4.90 Å². The molecule has 8 nitrogen and oxygen atoms in total. The maximum absolute atomic E-state index is 12.3. The van der Waals surface area contributed by atoms with Gasteiger partial charge in [0.25, 0.3) is 0 Å². The summed E-state index contributed by atoms with van der Waals surface area (Å²) in [6.45, 7) is 3.16. The molecule has 2 fully saturated rings. The van der Waals surface area contributed by atoms with Crippen LogP contribution in [0.15, 0.2) is 4.42 Å². The van der Waals surface area contributed by atoms with E-state index in [-0.39, 0.29) is 11.6 Å². The molecule has 3 rings (SSSR count). The van der Waals surface area contributed by atoms with Gasteiger partial charge in [0.1, 0.15) is 11.3 Å². The number of piperazine rings is 1. The van der Waals surface area contributed by atoms with Gasteiger partial charge in [-0.25, -0.2) is 13.4 Å². The molecule has 2 heterocycles. The molecule has 0 radical (unpaired) electrons. The first-order chi connectivity index (χ1) is 11.3. The van der Waals surface area contributed by atoms with Crippen LogP contribution in [-0.4, -0.2) is 61.9 Å². The lowest BCUT2D eigenvalue weighted by Gasteiger charge is -2.35. The van der Waals surface area contributed by atoms with Crippen molar-refractivity contribution < 1.29 is 17.6 Å². The molecule has 1 atom stereocenters. The first-order valence-electron chi connectivity index (χ1n) is 7.94. The van der Waals surface area contributed by atoms with Gasteiger partial charge in [-0.2, -0.15) is 5.26 Å². The van der Waals surface area contributed by atoms with E-state index < -0.39 is 15.1 Å². The predicted octanol–water partition coefficient (Wildman–Crippen LogP) is 0.505. The van der Waals surface area contributed by atoms with Crippen molar-refractivity contribution >= 4 is 21.6 Å². The second-order valence-electron chi connectivity index (χ2n) is 6.38. The summed E-state index contributed by atoms with van der Waals surface area (Å²) in [5.74, 6) is 1.02. The smallest absolute Gasteiger partial charge is 0.240 e. The Hall–Kier alpha value is -2.08. The number of oxazole rings is 1. The standard InChI is InChI=1S/C15H20N4O4S/c1-10(24(2,21)22)14(20)18-5-7-19(8-6-18)15-12(9-16)17-13(23-15)11-3-4-11/h10-11H,3-8H2,1-2H3/t10-/m0/s1. The van der Waals surface area contributed by atoms with Gasteiger partial charge in [-0.1, -0.05) is 0 Å². The Kier molecular flexibility index (Phi) is 4.25. The van der Waals surface area contributed by atoms with E-state index in [2.05, 4.69) is 11.1 Å². The zero-order chi connectivity index (χ0) is 17.5. The van der Waals surface area contributed by atoms with Gasteiger partial charge >= 0.3 is 0 Å². The normalized spacial score (nSPS) is 19.9. The van der Waals surface area contributed by atoms with Crippen molar-refractivity contribution in [1.29, 1.82) is 5.26 Å². The highest BCUT2D eigenvalue weighted by Crippen LogP contribution is 2.41. The lowest BCUT2D eigenvalue weighted by Crippen LogP contribution is -2.52. The zero-order valence-electron chi connectivity index (χ0n) is 13.7. The third-order valence-electron chi connectivity index (χ3n) is 4.53. The summed E-state index contributed by atoms with van der Waals surface area (Å²) in [6.07, 6.45) is 3.14. The molecular formula is C15H20N4O4S.